The SMILES string of the molecule is CCCCCCCC(C)Nc1ccn(C)n1. The van der Waals surface area contributed by atoms with Crippen molar-refractivity contribution >= 4 is 5.82 Å². The van der Waals surface area contributed by atoms with Gasteiger partial charge in [0.05, 0.1) is 0 Å². The van der Waals surface area contributed by atoms with Crippen LogP contribution in [-0.2, 0) is 7.05 Å². The van der Waals surface area contributed by atoms with Gasteiger partial charge in [0.2, 0.25) is 0 Å². The Bertz CT molecular complexity index is 280. The summed E-state index contributed by atoms with van der Waals surface area (Å²) in [5, 5.41) is 7.74. The minimum absolute atomic E-state index is 0.525. The fourth-order valence-corrected chi connectivity index (χ4v) is 1.87. The molecule has 1 N–H and O–H groups in total. The van der Waals surface area contributed by atoms with Crippen LogP contribution in [0.3, 0.4) is 0 Å². The summed E-state index contributed by atoms with van der Waals surface area (Å²) in [6.07, 6.45) is 9.97. The largest absolute Gasteiger partial charge is 0.366 e. The molecule has 16 heavy (non-hydrogen) atoms. The summed E-state index contributed by atoms with van der Waals surface area (Å²) in [5.74, 6) is 0.989. The van der Waals surface area contributed by atoms with Gasteiger partial charge in [0.15, 0.2) is 0 Å². The average molecular weight is 223 g/mol. The lowest BCUT2D eigenvalue weighted by molar-refractivity contribution is 0.577. The molecule has 0 aromatic carbocycles. The lowest BCUT2D eigenvalue weighted by Crippen LogP contribution is -2.15. The monoisotopic (exact) mass is 223 g/mol. The molecular formula is C13H25N3. The number of unbranched alkanes of at least 4 members (excludes halogenated alkanes) is 4. The van der Waals surface area contributed by atoms with Gasteiger partial charge >= 0.3 is 0 Å². The van der Waals surface area contributed by atoms with Gasteiger partial charge in [-0.15, -0.1) is 0 Å². The van der Waals surface area contributed by atoms with Crippen molar-refractivity contribution in [3.05, 3.63) is 12.3 Å². The Morgan fingerprint density at radius 2 is 2.06 bits per heavy atom. The lowest BCUT2D eigenvalue weighted by Gasteiger charge is -2.12. The van der Waals surface area contributed by atoms with Gasteiger partial charge in [-0.05, 0) is 13.3 Å². The fourth-order valence-electron chi connectivity index (χ4n) is 1.87. The molecule has 0 aliphatic heterocycles. The van der Waals surface area contributed by atoms with Crippen LogP contribution in [0.2, 0.25) is 0 Å². The highest BCUT2D eigenvalue weighted by atomic mass is 15.3. The molecule has 1 aromatic heterocycles. The van der Waals surface area contributed by atoms with Crippen molar-refractivity contribution in [3.63, 3.8) is 0 Å². The zero-order chi connectivity index (χ0) is 11.8. The Balaban J connectivity index is 2.09. The van der Waals surface area contributed by atoms with E-state index in [1.807, 2.05) is 24.0 Å². The molecule has 1 rings (SSSR count). The van der Waals surface area contributed by atoms with Gasteiger partial charge in [-0.2, -0.15) is 5.10 Å². The lowest BCUT2D eigenvalue weighted by atomic mass is 10.1. The molecule has 0 saturated carbocycles. The molecule has 0 amide bonds. The zero-order valence-electron chi connectivity index (χ0n) is 10.9. The first-order valence-corrected chi connectivity index (χ1v) is 6.48. The Morgan fingerprint density at radius 3 is 2.69 bits per heavy atom. The van der Waals surface area contributed by atoms with E-state index < -0.39 is 0 Å². The Labute approximate surface area is 99.2 Å². The number of aromatic nitrogens is 2. The van der Waals surface area contributed by atoms with E-state index in [1.54, 1.807) is 0 Å². The van der Waals surface area contributed by atoms with E-state index >= 15 is 0 Å². The first-order chi connectivity index (χ1) is 7.72. The third-order valence-corrected chi connectivity index (χ3v) is 2.85. The normalized spacial score (nSPS) is 12.7. The van der Waals surface area contributed by atoms with Crippen LogP contribution in [0.25, 0.3) is 0 Å². The number of hydrogen-bond donors (Lipinski definition) is 1. The van der Waals surface area contributed by atoms with E-state index in [1.165, 1.54) is 38.5 Å². The molecule has 0 aliphatic rings. The molecule has 1 heterocycles. The molecule has 3 nitrogen and oxygen atoms in total. The molecule has 1 atom stereocenters. The first-order valence-electron chi connectivity index (χ1n) is 6.48. The third kappa shape index (κ3) is 5.19. The summed E-state index contributed by atoms with van der Waals surface area (Å²) in [6.45, 7) is 4.49. The van der Waals surface area contributed by atoms with E-state index in [-0.39, 0.29) is 0 Å². The summed E-state index contributed by atoms with van der Waals surface area (Å²) >= 11 is 0. The minimum Gasteiger partial charge on any atom is -0.366 e. The number of aryl methyl sites for hydroxylation is 1. The van der Waals surface area contributed by atoms with Crippen LogP contribution < -0.4 is 5.32 Å². The smallest absolute Gasteiger partial charge is 0.148 e. The van der Waals surface area contributed by atoms with Crippen LogP contribution in [0.5, 0.6) is 0 Å². The highest BCUT2D eigenvalue weighted by Crippen LogP contribution is 2.10. The standard InChI is InChI=1S/C13H25N3/c1-4-5-6-7-8-9-12(2)14-13-10-11-16(3)15-13/h10-12H,4-9H2,1-3H3,(H,14,15). The van der Waals surface area contributed by atoms with Crippen LogP contribution >= 0.6 is 0 Å². The summed E-state index contributed by atoms with van der Waals surface area (Å²) in [4.78, 5) is 0. The quantitative estimate of drug-likeness (QED) is 0.683. The van der Waals surface area contributed by atoms with Crippen molar-refractivity contribution in [1.29, 1.82) is 0 Å². The van der Waals surface area contributed by atoms with Crippen molar-refractivity contribution in [1.82, 2.24) is 9.78 Å². The van der Waals surface area contributed by atoms with Gasteiger partial charge in [0.25, 0.3) is 0 Å². The van der Waals surface area contributed by atoms with E-state index in [9.17, 15) is 0 Å². The summed E-state index contributed by atoms with van der Waals surface area (Å²) in [5.41, 5.74) is 0. The Kier molecular flexibility index (Phi) is 5.98. The molecule has 1 aromatic rings. The fraction of sp³-hybridized carbons (Fsp3) is 0.769. The zero-order valence-corrected chi connectivity index (χ0v) is 10.9. The van der Waals surface area contributed by atoms with Gasteiger partial charge < -0.3 is 5.32 Å². The molecule has 0 bridgehead atoms. The van der Waals surface area contributed by atoms with E-state index in [0.29, 0.717) is 6.04 Å². The summed E-state index contributed by atoms with van der Waals surface area (Å²) < 4.78 is 1.83. The van der Waals surface area contributed by atoms with Crippen LogP contribution in [0.15, 0.2) is 12.3 Å². The molecule has 1 unspecified atom stereocenters. The van der Waals surface area contributed by atoms with Crippen LogP contribution in [0.1, 0.15) is 52.4 Å². The number of nitrogens with zero attached hydrogens (tertiary/aromatic N) is 2. The summed E-state index contributed by atoms with van der Waals surface area (Å²) in [6, 6.07) is 2.55. The molecule has 0 aliphatic carbocycles. The maximum Gasteiger partial charge on any atom is 0.148 e. The number of hydrogen-bond acceptors (Lipinski definition) is 2. The van der Waals surface area contributed by atoms with E-state index in [4.69, 9.17) is 0 Å². The second-order valence-corrected chi connectivity index (χ2v) is 4.62. The van der Waals surface area contributed by atoms with Crippen LogP contribution in [-0.4, -0.2) is 15.8 Å². The predicted octanol–water partition coefficient (Wildman–Crippen LogP) is 3.58. The van der Waals surface area contributed by atoms with Crippen molar-refractivity contribution in [2.24, 2.45) is 7.05 Å². The number of nitrogens with one attached hydrogen (secondary N) is 1. The molecular weight excluding hydrogens is 198 g/mol. The Morgan fingerprint density at radius 1 is 1.31 bits per heavy atom. The maximum absolute atomic E-state index is 4.31. The molecule has 0 radical (unpaired) electrons. The van der Waals surface area contributed by atoms with E-state index in [0.717, 1.165) is 5.82 Å². The highest BCUT2D eigenvalue weighted by molar-refractivity contribution is 5.33. The molecule has 0 saturated heterocycles. The predicted molar refractivity (Wildman–Crippen MR) is 69.7 cm³/mol. The Hall–Kier alpha value is -0.990. The van der Waals surface area contributed by atoms with Crippen LogP contribution in [0.4, 0.5) is 5.82 Å². The van der Waals surface area contributed by atoms with Crippen molar-refractivity contribution < 1.29 is 0 Å². The van der Waals surface area contributed by atoms with Crippen molar-refractivity contribution in [3.8, 4) is 0 Å². The van der Waals surface area contributed by atoms with Gasteiger partial charge in [0, 0.05) is 25.4 Å². The third-order valence-electron chi connectivity index (χ3n) is 2.85. The van der Waals surface area contributed by atoms with E-state index in [2.05, 4.69) is 24.3 Å². The minimum atomic E-state index is 0.525. The molecule has 0 spiro atoms. The topological polar surface area (TPSA) is 29.9 Å². The van der Waals surface area contributed by atoms with Gasteiger partial charge in [0.1, 0.15) is 5.82 Å². The maximum atomic E-state index is 4.31. The van der Waals surface area contributed by atoms with Gasteiger partial charge in [-0.25, -0.2) is 0 Å². The van der Waals surface area contributed by atoms with Gasteiger partial charge in [-0.3, -0.25) is 4.68 Å². The first kappa shape index (κ1) is 13.1. The number of anilines is 1. The second-order valence-electron chi connectivity index (χ2n) is 4.62. The highest BCUT2D eigenvalue weighted by Gasteiger charge is 2.03. The summed E-state index contributed by atoms with van der Waals surface area (Å²) in [7, 11) is 1.95. The number of rotatable bonds is 8. The van der Waals surface area contributed by atoms with Crippen molar-refractivity contribution in [2.45, 2.75) is 58.4 Å². The van der Waals surface area contributed by atoms with Gasteiger partial charge in [-0.1, -0.05) is 39.0 Å². The molecule has 3 heteroatoms. The average Bonchev–Trinajstić information content (AvgIpc) is 2.63. The molecule has 0 fully saturated rings. The second kappa shape index (κ2) is 7.31. The van der Waals surface area contributed by atoms with Crippen LogP contribution in [0, 0.1) is 0 Å². The molecule has 92 valence electrons. The van der Waals surface area contributed by atoms with Crippen molar-refractivity contribution in [2.75, 3.05) is 5.32 Å².